The Hall–Kier alpha value is -1.69. The summed E-state index contributed by atoms with van der Waals surface area (Å²) in [5.41, 5.74) is 0.981. The first-order chi connectivity index (χ1) is 10.2. The summed E-state index contributed by atoms with van der Waals surface area (Å²) in [6, 6.07) is 2.00. The zero-order valence-corrected chi connectivity index (χ0v) is 12.7. The molecule has 0 radical (unpaired) electrons. The Morgan fingerprint density at radius 2 is 2.14 bits per heavy atom. The van der Waals surface area contributed by atoms with Gasteiger partial charge in [0.1, 0.15) is 12.1 Å². The highest BCUT2D eigenvalue weighted by atomic mass is 16.5. The molecule has 1 saturated heterocycles. The van der Waals surface area contributed by atoms with Gasteiger partial charge in [-0.15, -0.1) is 0 Å². The molecule has 1 aliphatic heterocycles. The fourth-order valence-corrected chi connectivity index (χ4v) is 2.51. The van der Waals surface area contributed by atoms with Crippen LogP contribution in [0.15, 0.2) is 12.4 Å². The number of anilines is 1. The number of piperidine rings is 1. The van der Waals surface area contributed by atoms with Gasteiger partial charge in [0.25, 0.3) is 0 Å². The predicted molar refractivity (Wildman–Crippen MR) is 79.2 cm³/mol. The number of hydrogen-bond acceptors (Lipinski definition) is 6. The maximum Gasteiger partial charge on any atom is 0.309 e. The Kier molecular flexibility index (Phi) is 5.92. The van der Waals surface area contributed by atoms with Gasteiger partial charge in [0, 0.05) is 38.4 Å². The van der Waals surface area contributed by atoms with E-state index in [-0.39, 0.29) is 11.9 Å². The van der Waals surface area contributed by atoms with Gasteiger partial charge in [-0.3, -0.25) is 4.79 Å². The van der Waals surface area contributed by atoms with Crippen molar-refractivity contribution >= 4 is 11.8 Å². The molecule has 0 spiro atoms. The summed E-state index contributed by atoms with van der Waals surface area (Å²) in [7, 11) is 1.68. The van der Waals surface area contributed by atoms with Gasteiger partial charge in [-0.2, -0.15) is 0 Å². The van der Waals surface area contributed by atoms with Gasteiger partial charge in [-0.1, -0.05) is 0 Å². The second-order valence-corrected chi connectivity index (χ2v) is 5.12. The first kappa shape index (κ1) is 15.7. The van der Waals surface area contributed by atoms with Crippen molar-refractivity contribution in [3.63, 3.8) is 0 Å². The molecule has 2 heterocycles. The number of carbonyl (C=O) groups excluding carboxylic acids is 1. The van der Waals surface area contributed by atoms with Crippen LogP contribution in [-0.4, -0.2) is 49.4 Å². The average molecular weight is 293 g/mol. The summed E-state index contributed by atoms with van der Waals surface area (Å²) in [6.07, 6.45) is 4.01. The van der Waals surface area contributed by atoms with E-state index in [4.69, 9.17) is 9.47 Å². The van der Waals surface area contributed by atoms with Crippen LogP contribution in [0.25, 0.3) is 0 Å². The zero-order valence-electron chi connectivity index (χ0n) is 12.7. The molecule has 1 aliphatic rings. The van der Waals surface area contributed by atoms with Crippen LogP contribution < -0.4 is 4.90 Å². The third kappa shape index (κ3) is 4.39. The van der Waals surface area contributed by atoms with E-state index in [1.54, 1.807) is 13.4 Å². The lowest BCUT2D eigenvalue weighted by molar-refractivity contribution is -0.148. The number of rotatable bonds is 6. The lowest BCUT2D eigenvalue weighted by Gasteiger charge is -2.31. The van der Waals surface area contributed by atoms with Crippen LogP contribution in [0.1, 0.15) is 25.5 Å². The molecular weight excluding hydrogens is 270 g/mol. The lowest BCUT2D eigenvalue weighted by Crippen LogP contribution is -2.37. The van der Waals surface area contributed by atoms with Crippen LogP contribution in [0.5, 0.6) is 0 Å². The minimum atomic E-state index is -0.0689. The molecule has 0 aliphatic carbocycles. The van der Waals surface area contributed by atoms with Crippen LogP contribution in [0.2, 0.25) is 0 Å². The van der Waals surface area contributed by atoms with E-state index in [1.165, 1.54) is 0 Å². The average Bonchev–Trinajstić information content (AvgIpc) is 2.53. The normalized spacial score (nSPS) is 16.0. The Balaban J connectivity index is 1.91. The molecule has 1 aromatic heterocycles. The molecule has 0 amide bonds. The van der Waals surface area contributed by atoms with Gasteiger partial charge in [0.2, 0.25) is 0 Å². The summed E-state index contributed by atoms with van der Waals surface area (Å²) in [6.45, 7) is 4.60. The highest BCUT2D eigenvalue weighted by Crippen LogP contribution is 2.23. The smallest absolute Gasteiger partial charge is 0.309 e. The van der Waals surface area contributed by atoms with Gasteiger partial charge in [-0.05, 0) is 19.8 Å². The van der Waals surface area contributed by atoms with Crippen LogP contribution >= 0.6 is 0 Å². The van der Waals surface area contributed by atoms with Crippen molar-refractivity contribution in [2.24, 2.45) is 5.92 Å². The van der Waals surface area contributed by atoms with Crippen LogP contribution in [0.4, 0.5) is 5.82 Å². The SMILES string of the molecule is CCOC(=O)C1CCN(c2cc(CCOC)ncn2)CC1. The number of methoxy groups -OCH3 is 1. The standard InChI is InChI=1S/C15H23N3O3/c1-3-21-15(19)12-4-7-18(8-5-12)14-10-13(6-9-20-2)16-11-17-14/h10-12H,3-9H2,1-2H3. The first-order valence-electron chi connectivity index (χ1n) is 7.46. The molecule has 21 heavy (non-hydrogen) atoms. The summed E-state index contributed by atoms with van der Waals surface area (Å²) in [4.78, 5) is 22.5. The van der Waals surface area contributed by atoms with Crippen LogP contribution in [0, 0.1) is 5.92 Å². The molecule has 0 N–H and O–H groups in total. The largest absolute Gasteiger partial charge is 0.466 e. The number of aromatic nitrogens is 2. The molecule has 1 aromatic rings. The van der Waals surface area contributed by atoms with E-state index >= 15 is 0 Å². The van der Waals surface area contributed by atoms with Gasteiger partial charge in [0.15, 0.2) is 0 Å². The lowest BCUT2D eigenvalue weighted by atomic mass is 9.97. The predicted octanol–water partition coefficient (Wildman–Crippen LogP) is 1.45. The van der Waals surface area contributed by atoms with E-state index in [0.717, 1.165) is 43.9 Å². The fraction of sp³-hybridized carbons (Fsp3) is 0.667. The number of esters is 1. The fourth-order valence-electron chi connectivity index (χ4n) is 2.51. The molecule has 0 aromatic carbocycles. The summed E-state index contributed by atoms with van der Waals surface area (Å²) < 4.78 is 10.2. The van der Waals surface area contributed by atoms with E-state index < -0.39 is 0 Å². The molecule has 2 rings (SSSR count). The highest BCUT2D eigenvalue weighted by Gasteiger charge is 2.26. The van der Waals surface area contributed by atoms with E-state index in [0.29, 0.717) is 13.2 Å². The molecule has 116 valence electrons. The molecule has 0 unspecified atom stereocenters. The second kappa shape index (κ2) is 7.93. The number of carbonyl (C=O) groups is 1. The zero-order chi connectivity index (χ0) is 15.1. The van der Waals surface area contributed by atoms with Crippen molar-refractivity contribution in [1.82, 2.24) is 9.97 Å². The quantitative estimate of drug-likeness (QED) is 0.740. The van der Waals surface area contributed by atoms with Gasteiger partial charge in [0.05, 0.1) is 19.1 Å². The van der Waals surface area contributed by atoms with Crippen molar-refractivity contribution in [3.8, 4) is 0 Å². The highest BCUT2D eigenvalue weighted by molar-refractivity contribution is 5.72. The minimum Gasteiger partial charge on any atom is -0.466 e. The molecular formula is C15H23N3O3. The molecule has 0 atom stereocenters. The first-order valence-corrected chi connectivity index (χ1v) is 7.46. The maximum atomic E-state index is 11.7. The molecule has 6 nitrogen and oxygen atoms in total. The van der Waals surface area contributed by atoms with E-state index in [1.807, 2.05) is 13.0 Å². The van der Waals surface area contributed by atoms with Crippen molar-refractivity contribution in [3.05, 3.63) is 18.1 Å². The Morgan fingerprint density at radius 1 is 1.38 bits per heavy atom. The monoisotopic (exact) mass is 293 g/mol. The Bertz CT molecular complexity index is 459. The second-order valence-electron chi connectivity index (χ2n) is 5.12. The minimum absolute atomic E-state index is 0.0241. The van der Waals surface area contributed by atoms with Crippen molar-refractivity contribution < 1.29 is 14.3 Å². The molecule has 1 fully saturated rings. The Morgan fingerprint density at radius 3 is 2.81 bits per heavy atom. The van der Waals surface area contributed by atoms with E-state index in [9.17, 15) is 4.79 Å². The third-order valence-corrected chi connectivity index (χ3v) is 3.71. The number of nitrogens with zero attached hydrogens (tertiary/aromatic N) is 3. The summed E-state index contributed by atoms with van der Waals surface area (Å²) >= 11 is 0. The molecule has 6 heteroatoms. The van der Waals surface area contributed by atoms with Crippen molar-refractivity contribution in [1.29, 1.82) is 0 Å². The number of hydrogen-bond donors (Lipinski definition) is 0. The van der Waals surface area contributed by atoms with Gasteiger partial charge in [-0.25, -0.2) is 9.97 Å². The Labute approximate surface area is 125 Å². The molecule has 0 bridgehead atoms. The maximum absolute atomic E-state index is 11.7. The van der Waals surface area contributed by atoms with Crippen LogP contribution in [-0.2, 0) is 20.7 Å². The third-order valence-electron chi connectivity index (χ3n) is 3.71. The van der Waals surface area contributed by atoms with Crippen LogP contribution in [0.3, 0.4) is 0 Å². The molecule has 0 saturated carbocycles. The topological polar surface area (TPSA) is 64.5 Å². The summed E-state index contributed by atoms with van der Waals surface area (Å²) in [5, 5.41) is 0. The summed E-state index contributed by atoms with van der Waals surface area (Å²) in [5.74, 6) is 0.884. The van der Waals surface area contributed by atoms with Gasteiger partial charge < -0.3 is 14.4 Å². The van der Waals surface area contributed by atoms with Crippen molar-refractivity contribution in [2.45, 2.75) is 26.2 Å². The number of ether oxygens (including phenoxy) is 2. The van der Waals surface area contributed by atoms with Gasteiger partial charge >= 0.3 is 5.97 Å². The van der Waals surface area contributed by atoms with E-state index in [2.05, 4.69) is 14.9 Å². The van der Waals surface area contributed by atoms with Crippen molar-refractivity contribution in [2.75, 3.05) is 38.3 Å².